The number of unbranched alkanes of at least 4 members (excludes halogenated alkanes) is 1. The number of ether oxygens (including phenoxy) is 2. The molecule has 0 radical (unpaired) electrons. The predicted molar refractivity (Wildman–Crippen MR) is 112 cm³/mol. The van der Waals surface area contributed by atoms with Gasteiger partial charge in [0, 0.05) is 25.7 Å². The quantitative estimate of drug-likeness (QED) is 0.666. The van der Waals surface area contributed by atoms with Crippen LogP contribution in [0.5, 0.6) is 11.5 Å². The smallest absolute Gasteiger partial charge is 0.276 e. The van der Waals surface area contributed by atoms with Gasteiger partial charge in [-0.15, -0.1) is 0 Å². The lowest BCUT2D eigenvalue weighted by molar-refractivity contribution is -0.126. The van der Waals surface area contributed by atoms with Crippen LogP contribution in [0.4, 0.5) is 0 Å². The zero-order chi connectivity index (χ0) is 21.5. The molecule has 0 bridgehead atoms. The largest absolute Gasteiger partial charge is 0.497 e. The molecule has 1 aromatic heterocycles. The lowest BCUT2D eigenvalue weighted by atomic mass is 9.96. The maximum Gasteiger partial charge on any atom is 0.276 e. The summed E-state index contributed by atoms with van der Waals surface area (Å²) in [7, 11) is 3.14. The number of piperidine rings is 1. The van der Waals surface area contributed by atoms with Crippen molar-refractivity contribution in [3.05, 3.63) is 30.0 Å². The summed E-state index contributed by atoms with van der Waals surface area (Å²) in [5.74, 6) is 1.24. The van der Waals surface area contributed by atoms with Crippen molar-refractivity contribution in [2.75, 3.05) is 33.9 Å². The highest BCUT2D eigenvalue weighted by atomic mass is 16.5. The summed E-state index contributed by atoms with van der Waals surface area (Å²) in [4.78, 5) is 27.0. The Balaban J connectivity index is 1.71. The molecule has 8 nitrogen and oxygen atoms in total. The number of hydrogen-bond donors (Lipinski definition) is 1. The van der Waals surface area contributed by atoms with Gasteiger partial charge >= 0.3 is 0 Å². The lowest BCUT2D eigenvalue weighted by Gasteiger charge is -2.31. The first-order valence-corrected chi connectivity index (χ1v) is 10.3. The van der Waals surface area contributed by atoms with Gasteiger partial charge in [-0.3, -0.25) is 9.59 Å². The molecule has 1 fully saturated rings. The minimum atomic E-state index is -0.238. The van der Waals surface area contributed by atoms with Crippen LogP contribution in [0.2, 0.25) is 0 Å². The molecular formula is C22H29N3O5. The van der Waals surface area contributed by atoms with Gasteiger partial charge in [0.05, 0.1) is 25.7 Å². The summed E-state index contributed by atoms with van der Waals surface area (Å²) in [5, 5.41) is 6.93. The van der Waals surface area contributed by atoms with E-state index in [1.807, 2.05) is 0 Å². The molecule has 3 rings (SSSR count). The number of carbonyl (C=O) groups is 2. The van der Waals surface area contributed by atoms with Crippen molar-refractivity contribution >= 4 is 11.8 Å². The van der Waals surface area contributed by atoms with Gasteiger partial charge in [0.2, 0.25) is 5.91 Å². The molecule has 1 aromatic carbocycles. The summed E-state index contributed by atoms with van der Waals surface area (Å²) in [6.45, 7) is 3.75. The third-order valence-corrected chi connectivity index (χ3v) is 5.31. The van der Waals surface area contributed by atoms with Crippen LogP contribution < -0.4 is 14.8 Å². The van der Waals surface area contributed by atoms with Gasteiger partial charge in [-0.2, -0.15) is 0 Å². The van der Waals surface area contributed by atoms with Crippen LogP contribution in [-0.4, -0.2) is 55.7 Å². The standard InChI is InChI=1S/C22H29N3O5/c1-4-5-10-23-21(26)15-7-6-11-25(14-15)22(27)18-13-20(30-24-18)17-12-16(28-2)8-9-19(17)29-3/h8-9,12-13,15H,4-7,10-11,14H2,1-3H3,(H,23,26). The van der Waals surface area contributed by atoms with E-state index in [0.29, 0.717) is 42.5 Å². The van der Waals surface area contributed by atoms with E-state index in [2.05, 4.69) is 17.4 Å². The summed E-state index contributed by atoms with van der Waals surface area (Å²) in [6.07, 6.45) is 3.55. The van der Waals surface area contributed by atoms with E-state index >= 15 is 0 Å². The van der Waals surface area contributed by atoms with Crippen molar-refractivity contribution in [3.8, 4) is 22.8 Å². The molecule has 1 aliphatic heterocycles. The molecule has 0 spiro atoms. The molecule has 1 atom stereocenters. The van der Waals surface area contributed by atoms with Crippen molar-refractivity contribution in [1.29, 1.82) is 0 Å². The summed E-state index contributed by atoms with van der Waals surface area (Å²) >= 11 is 0. The summed E-state index contributed by atoms with van der Waals surface area (Å²) in [5.41, 5.74) is 0.858. The first-order valence-electron chi connectivity index (χ1n) is 10.3. The van der Waals surface area contributed by atoms with Crippen molar-refractivity contribution in [2.45, 2.75) is 32.6 Å². The molecule has 1 N–H and O–H groups in total. The Hall–Kier alpha value is -3.03. The molecule has 2 aromatic rings. The third kappa shape index (κ3) is 4.93. The number of likely N-dealkylation sites (tertiary alicyclic amines) is 1. The highest BCUT2D eigenvalue weighted by Gasteiger charge is 2.30. The third-order valence-electron chi connectivity index (χ3n) is 5.31. The number of hydrogen-bond acceptors (Lipinski definition) is 6. The molecule has 2 heterocycles. The van der Waals surface area contributed by atoms with Crippen molar-refractivity contribution < 1.29 is 23.6 Å². The number of rotatable bonds is 8. The molecule has 1 saturated heterocycles. The van der Waals surface area contributed by atoms with Crippen LogP contribution in [0.25, 0.3) is 11.3 Å². The number of amides is 2. The van der Waals surface area contributed by atoms with Crippen LogP contribution in [0.3, 0.4) is 0 Å². The number of carbonyl (C=O) groups excluding carboxylic acids is 2. The SMILES string of the molecule is CCCCNC(=O)C1CCCN(C(=O)c2cc(-c3cc(OC)ccc3OC)on2)C1. The van der Waals surface area contributed by atoms with E-state index < -0.39 is 0 Å². The van der Waals surface area contributed by atoms with E-state index in [1.165, 1.54) is 0 Å². The van der Waals surface area contributed by atoms with Crippen LogP contribution in [-0.2, 0) is 4.79 Å². The Labute approximate surface area is 176 Å². The van der Waals surface area contributed by atoms with Crippen LogP contribution >= 0.6 is 0 Å². The Morgan fingerprint density at radius 3 is 2.83 bits per heavy atom. The molecule has 0 saturated carbocycles. The Bertz CT molecular complexity index is 879. The normalized spacial score (nSPS) is 16.2. The molecule has 0 aliphatic carbocycles. The van der Waals surface area contributed by atoms with Crippen LogP contribution in [0, 0.1) is 5.92 Å². The molecule has 30 heavy (non-hydrogen) atoms. The number of aromatic nitrogens is 1. The summed E-state index contributed by atoms with van der Waals surface area (Å²) in [6, 6.07) is 6.92. The highest BCUT2D eigenvalue weighted by molar-refractivity contribution is 5.94. The van der Waals surface area contributed by atoms with Crippen molar-refractivity contribution in [3.63, 3.8) is 0 Å². The van der Waals surface area contributed by atoms with E-state index in [4.69, 9.17) is 14.0 Å². The zero-order valence-electron chi connectivity index (χ0n) is 17.8. The summed E-state index contributed by atoms with van der Waals surface area (Å²) < 4.78 is 16.1. The minimum Gasteiger partial charge on any atom is -0.497 e. The predicted octanol–water partition coefficient (Wildman–Crippen LogP) is 3.13. The van der Waals surface area contributed by atoms with Gasteiger partial charge in [0.15, 0.2) is 11.5 Å². The number of nitrogens with one attached hydrogen (secondary N) is 1. The monoisotopic (exact) mass is 415 g/mol. The Morgan fingerprint density at radius 1 is 1.27 bits per heavy atom. The molecular weight excluding hydrogens is 386 g/mol. The van der Waals surface area contributed by atoms with E-state index in [0.717, 1.165) is 25.7 Å². The average molecular weight is 415 g/mol. The zero-order valence-corrected chi connectivity index (χ0v) is 17.8. The molecule has 1 aliphatic rings. The maximum atomic E-state index is 13.0. The lowest BCUT2D eigenvalue weighted by Crippen LogP contribution is -2.45. The number of nitrogens with zero attached hydrogens (tertiary/aromatic N) is 2. The number of benzene rings is 1. The fraction of sp³-hybridized carbons (Fsp3) is 0.500. The minimum absolute atomic E-state index is 0.0166. The second-order valence-electron chi connectivity index (χ2n) is 7.38. The van der Waals surface area contributed by atoms with Gasteiger partial charge in [-0.25, -0.2) is 0 Å². The van der Waals surface area contributed by atoms with Crippen LogP contribution in [0.15, 0.2) is 28.8 Å². The fourth-order valence-electron chi connectivity index (χ4n) is 3.58. The van der Waals surface area contributed by atoms with E-state index in [-0.39, 0.29) is 23.4 Å². The van der Waals surface area contributed by atoms with Gasteiger partial charge in [-0.1, -0.05) is 18.5 Å². The highest BCUT2D eigenvalue weighted by Crippen LogP contribution is 2.34. The second kappa shape index (κ2) is 10.1. The average Bonchev–Trinajstić information content (AvgIpc) is 3.28. The van der Waals surface area contributed by atoms with Gasteiger partial charge in [0.1, 0.15) is 11.5 Å². The fourth-order valence-corrected chi connectivity index (χ4v) is 3.58. The number of methoxy groups -OCH3 is 2. The first-order chi connectivity index (χ1) is 14.6. The van der Waals surface area contributed by atoms with E-state index in [1.54, 1.807) is 43.4 Å². The van der Waals surface area contributed by atoms with Crippen molar-refractivity contribution in [1.82, 2.24) is 15.4 Å². The van der Waals surface area contributed by atoms with Gasteiger partial charge < -0.3 is 24.2 Å². The Kier molecular flexibility index (Phi) is 7.32. The Morgan fingerprint density at radius 2 is 2.10 bits per heavy atom. The van der Waals surface area contributed by atoms with E-state index in [9.17, 15) is 9.59 Å². The molecule has 162 valence electrons. The van der Waals surface area contributed by atoms with Crippen molar-refractivity contribution in [2.24, 2.45) is 5.92 Å². The molecule has 1 unspecified atom stereocenters. The molecule has 8 heteroatoms. The van der Waals surface area contributed by atoms with Gasteiger partial charge in [-0.05, 0) is 37.5 Å². The van der Waals surface area contributed by atoms with Crippen LogP contribution in [0.1, 0.15) is 43.1 Å². The maximum absolute atomic E-state index is 13.0. The topological polar surface area (TPSA) is 93.9 Å². The molecule has 2 amide bonds. The van der Waals surface area contributed by atoms with Gasteiger partial charge in [0.25, 0.3) is 5.91 Å². The second-order valence-corrected chi connectivity index (χ2v) is 7.38. The first kappa shape index (κ1) is 21.7.